The number of carbonyl (C=O) groups excluding carboxylic acids is 1. The number of Topliss-reactive ketones (excluding diaryl/α,β-unsaturated/α-hetero) is 1. The molecule has 2 aromatic carbocycles. The summed E-state index contributed by atoms with van der Waals surface area (Å²) in [6.45, 7) is 0. The number of sulfone groups is 1. The fraction of sp³-hybridized carbons (Fsp3) is 0.0952. The van der Waals surface area contributed by atoms with E-state index in [1.165, 1.54) is 18.3 Å². The molecule has 0 amide bonds. The Morgan fingerprint density at radius 1 is 1.03 bits per heavy atom. The Labute approximate surface area is 170 Å². The third-order valence-electron chi connectivity index (χ3n) is 4.69. The number of nitrogens with zero attached hydrogens (tertiary/aromatic N) is 2. The molecule has 2 aromatic heterocycles. The van der Waals surface area contributed by atoms with E-state index in [0.717, 1.165) is 29.1 Å². The summed E-state index contributed by atoms with van der Waals surface area (Å²) in [4.78, 5) is 15.7. The number of aromatic nitrogens is 3. The van der Waals surface area contributed by atoms with Gasteiger partial charge in [0.25, 0.3) is 0 Å². The fourth-order valence-corrected chi connectivity index (χ4v) is 4.38. The van der Waals surface area contributed by atoms with E-state index in [-0.39, 0.29) is 17.1 Å². The average molecular weight is 427 g/mol. The zero-order valence-electron chi connectivity index (χ0n) is 15.5. The van der Waals surface area contributed by atoms with E-state index in [0.29, 0.717) is 17.6 Å². The first-order valence-corrected chi connectivity index (χ1v) is 10.4. The molecule has 1 N–H and O–H groups in total. The number of fused-ring (bicyclic) bond motifs is 1. The van der Waals surface area contributed by atoms with Gasteiger partial charge in [0.05, 0.1) is 11.1 Å². The molecule has 2 heterocycles. The molecule has 4 aromatic rings. The number of halogens is 2. The number of hydrogen-bond donors (Lipinski definition) is 1. The molecule has 0 fully saturated rings. The van der Waals surface area contributed by atoms with Gasteiger partial charge in [-0.15, -0.1) is 0 Å². The van der Waals surface area contributed by atoms with Gasteiger partial charge < -0.3 is 0 Å². The highest BCUT2D eigenvalue weighted by atomic mass is 32.2. The van der Waals surface area contributed by atoms with E-state index in [4.69, 9.17) is 0 Å². The molecular formula is C21H15F2N3O3S. The van der Waals surface area contributed by atoms with E-state index in [1.807, 2.05) is 0 Å². The van der Waals surface area contributed by atoms with E-state index < -0.39 is 26.4 Å². The lowest BCUT2D eigenvalue weighted by molar-refractivity contribution is 0.0982. The van der Waals surface area contributed by atoms with Crippen molar-refractivity contribution in [3.63, 3.8) is 0 Å². The van der Waals surface area contributed by atoms with Crippen molar-refractivity contribution in [1.82, 2.24) is 15.2 Å². The maximum Gasteiger partial charge on any atom is 0.209 e. The molecule has 0 unspecified atom stereocenters. The van der Waals surface area contributed by atoms with Crippen LogP contribution in [0.4, 0.5) is 8.78 Å². The number of pyridine rings is 1. The van der Waals surface area contributed by atoms with Crippen molar-refractivity contribution in [2.24, 2.45) is 0 Å². The van der Waals surface area contributed by atoms with Crippen LogP contribution in [0.15, 0.2) is 70.7 Å². The monoisotopic (exact) mass is 427 g/mol. The maximum absolute atomic E-state index is 13.9. The predicted octanol–water partition coefficient (Wildman–Crippen LogP) is 3.88. The van der Waals surface area contributed by atoms with E-state index in [9.17, 15) is 22.0 Å². The van der Waals surface area contributed by atoms with E-state index in [2.05, 4.69) is 15.2 Å². The minimum atomic E-state index is -4.20. The number of rotatable bonds is 6. The molecule has 30 heavy (non-hydrogen) atoms. The van der Waals surface area contributed by atoms with Crippen LogP contribution in [-0.2, 0) is 16.3 Å². The Balaban J connectivity index is 1.48. The first-order chi connectivity index (χ1) is 14.4. The third kappa shape index (κ3) is 3.71. The predicted molar refractivity (Wildman–Crippen MR) is 105 cm³/mol. The van der Waals surface area contributed by atoms with Gasteiger partial charge >= 0.3 is 0 Å². The summed E-state index contributed by atoms with van der Waals surface area (Å²) < 4.78 is 52.5. The second kappa shape index (κ2) is 7.75. The summed E-state index contributed by atoms with van der Waals surface area (Å²) in [5.74, 6) is -2.74. The van der Waals surface area contributed by atoms with Crippen LogP contribution >= 0.6 is 0 Å². The molecule has 0 saturated carbocycles. The number of hydrogen-bond acceptors (Lipinski definition) is 5. The van der Waals surface area contributed by atoms with Crippen LogP contribution in [0.5, 0.6) is 0 Å². The zero-order valence-corrected chi connectivity index (χ0v) is 16.3. The molecule has 0 spiro atoms. The molecule has 152 valence electrons. The minimum absolute atomic E-state index is 0.107. The summed E-state index contributed by atoms with van der Waals surface area (Å²) in [5.41, 5.74) is 1.79. The van der Waals surface area contributed by atoms with Crippen LogP contribution in [0, 0.1) is 11.6 Å². The summed E-state index contributed by atoms with van der Waals surface area (Å²) in [5, 5.41) is 7.31. The number of nitrogens with one attached hydrogen (secondary N) is 1. The van der Waals surface area contributed by atoms with Crippen LogP contribution in [0.2, 0.25) is 0 Å². The average Bonchev–Trinajstić information content (AvgIpc) is 3.22. The van der Waals surface area contributed by atoms with Crippen LogP contribution in [0.1, 0.15) is 22.3 Å². The molecule has 0 bridgehead atoms. The van der Waals surface area contributed by atoms with Crippen molar-refractivity contribution >= 4 is 26.7 Å². The number of benzene rings is 2. The van der Waals surface area contributed by atoms with Crippen molar-refractivity contribution in [2.45, 2.75) is 22.6 Å². The Morgan fingerprint density at radius 2 is 1.80 bits per heavy atom. The number of ketones is 1. The largest absolute Gasteiger partial charge is 0.294 e. The zero-order chi connectivity index (χ0) is 21.3. The summed E-state index contributed by atoms with van der Waals surface area (Å²) in [7, 11) is -4.20. The lowest BCUT2D eigenvalue weighted by Gasteiger charge is -2.08. The Bertz CT molecular complexity index is 1350. The summed E-state index contributed by atoms with van der Waals surface area (Å²) in [6.07, 6.45) is 3.65. The fourth-order valence-electron chi connectivity index (χ4n) is 3.05. The Kier molecular flexibility index (Phi) is 5.13. The van der Waals surface area contributed by atoms with Crippen molar-refractivity contribution < 1.29 is 22.0 Å². The van der Waals surface area contributed by atoms with Gasteiger partial charge in [0.15, 0.2) is 23.1 Å². The van der Waals surface area contributed by atoms with Gasteiger partial charge in [-0.1, -0.05) is 18.2 Å². The molecule has 0 radical (unpaired) electrons. The number of carbonyl (C=O) groups is 1. The topological polar surface area (TPSA) is 92.8 Å². The lowest BCUT2D eigenvalue weighted by Crippen LogP contribution is -2.06. The number of aryl methyl sites for hydroxylation is 1. The van der Waals surface area contributed by atoms with Gasteiger partial charge in [-0.05, 0) is 42.3 Å². The third-order valence-corrected chi connectivity index (χ3v) is 6.48. The normalized spacial score (nSPS) is 11.7. The maximum atomic E-state index is 13.9. The Morgan fingerprint density at radius 3 is 2.57 bits per heavy atom. The molecule has 0 aliphatic heterocycles. The van der Waals surface area contributed by atoms with Crippen LogP contribution in [-0.4, -0.2) is 29.4 Å². The molecular weight excluding hydrogens is 412 g/mol. The van der Waals surface area contributed by atoms with Gasteiger partial charge in [0.1, 0.15) is 4.90 Å². The quantitative estimate of drug-likeness (QED) is 0.472. The summed E-state index contributed by atoms with van der Waals surface area (Å²) in [6, 6.07) is 10.5. The van der Waals surface area contributed by atoms with Crippen LogP contribution < -0.4 is 0 Å². The number of aromatic amines is 1. The Hall–Kier alpha value is -3.46. The van der Waals surface area contributed by atoms with Crippen molar-refractivity contribution in [2.75, 3.05) is 0 Å². The summed E-state index contributed by atoms with van der Waals surface area (Å²) >= 11 is 0. The molecule has 4 rings (SSSR count). The SMILES string of the molecule is O=C(CCc1ccc(S(=O)(=O)c2cccc(F)c2F)cc1)c1cnc2[nH]ncc2c1. The van der Waals surface area contributed by atoms with Crippen LogP contribution in [0.25, 0.3) is 11.0 Å². The van der Waals surface area contributed by atoms with Gasteiger partial charge in [-0.3, -0.25) is 9.89 Å². The van der Waals surface area contributed by atoms with Gasteiger partial charge in [0, 0.05) is 23.6 Å². The second-order valence-electron chi connectivity index (χ2n) is 6.65. The van der Waals surface area contributed by atoms with E-state index in [1.54, 1.807) is 24.4 Å². The van der Waals surface area contributed by atoms with E-state index >= 15 is 0 Å². The highest BCUT2D eigenvalue weighted by molar-refractivity contribution is 7.91. The highest BCUT2D eigenvalue weighted by Crippen LogP contribution is 2.25. The van der Waals surface area contributed by atoms with Crippen LogP contribution in [0.3, 0.4) is 0 Å². The smallest absolute Gasteiger partial charge is 0.209 e. The standard InChI is InChI=1S/C21H15F2N3O3S/c22-17-2-1-3-19(20(17)23)30(28,29)16-7-4-13(5-8-16)6-9-18(27)14-10-15-12-25-26-21(15)24-11-14/h1-5,7-8,10-12H,6,9H2,(H,24,25,26). The number of H-pyrrole nitrogens is 1. The molecule has 0 aliphatic carbocycles. The molecule has 6 nitrogen and oxygen atoms in total. The second-order valence-corrected chi connectivity index (χ2v) is 8.57. The molecule has 0 atom stereocenters. The first-order valence-electron chi connectivity index (χ1n) is 8.96. The van der Waals surface area contributed by atoms with Gasteiger partial charge in [0.2, 0.25) is 9.84 Å². The van der Waals surface area contributed by atoms with Gasteiger partial charge in [-0.25, -0.2) is 22.2 Å². The van der Waals surface area contributed by atoms with Crippen molar-refractivity contribution in [3.8, 4) is 0 Å². The lowest BCUT2D eigenvalue weighted by atomic mass is 10.0. The molecule has 0 aliphatic rings. The highest BCUT2D eigenvalue weighted by Gasteiger charge is 2.23. The van der Waals surface area contributed by atoms with Crippen molar-refractivity contribution in [1.29, 1.82) is 0 Å². The molecule has 9 heteroatoms. The minimum Gasteiger partial charge on any atom is -0.294 e. The van der Waals surface area contributed by atoms with Crippen molar-refractivity contribution in [3.05, 3.63) is 83.7 Å². The van der Waals surface area contributed by atoms with Gasteiger partial charge in [-0.2, -0.15) is 5.10 Å². The molecule has 0 saturated heterocycles. The first kappa shape index (κ1) is 19.8.